The maximum absolute atomic E-state index is 11.1. The highest BCUT2D eigenvalue weighted by Gasteiger charge is 2.30. The van der Waals surface area contributed by atoms with Gasteiger partial charge in [0.25, 0.3) is 0 Å². The van der Waals surface area contributed by atoms with E-state index in [1.807, 2.05) is 0 Å². The number of aromatic nitrogens is 1. The van der Waals surface area contributed by atoms with Crippen LogP contribution in [0, 0.1) is 21.4 Å². The molecule has 2 atom stereocenters. The van der Waals surface area contributed by atoms with E-state index in [4.69, 9.17) is 10.00 Å². The van der Waals surface area contributed by atoms with E-state index >= 15 is 0 Å². The SMILES string of the molecule is CO[C@H]1CNCC1Nc1nccc(C#N)c1[N+](=O)[O-]. The van der Waals surface area contributed by atoms with Gasteiger partial charge in [-0.25, -0.2) is 4.98 Å². The van der Waals surface area contributed by atoms with E-state index in [1.54, 1.807) is 13.2 Å². The molecule has 1 unspecified atom stereocenters. The van der Waals surface area contributed by atoms with Crippen molar-refractivity contribution < 1.29 is 9.66 Å². The Morgan fingerprint density at radius 2 is 2.47 bits per heavy atom. The number of nitro groups is 1. The van der Waals surface area contributed by atoms with Gasteiger partial charge in [-0.1, -0.05) is 0 Å². The number of rotatable bonds is 4. The third kappa shape index (κ3) is 2.62. The summed E-state index contributed by atoms with van der Waals surface area (Å²) in [6, 6.07) is 3.00. The lowest BCUT2D eigenvalue weighted by Gasteiger charge is -2.18. The molecule has 100 valence electrons. The molecule has 0 aromatic carbocycles. The Labute approximate surface area is 109 Å². The Morgan fingerprint density at radius 1 is 1.68 bits per heavy atom. The molecular weight excluding hydrogens is 250 g/mol. The van der Waals surface area contributed by atoms with Crippen LogP contribution in [0.1, 0.15) is 5.56 Å². The van der Waals surface area contributed by atoms with Gasteiger partial charge in [0.15, 0.2) is 0 Å². The van der Waals surface area contributed by atoms with Crippen LogP contribution in [0.5, 0.6) is 0 Å². The quantitative estimate of drug-likeness (QED) is 0.591. The average molecular weight is 263 g/mol. The molecule has 2 heterocycles. The number of ether oxygens (including phenoxy) is 1. The van der Waals surface area contributed by atoms with E-state index in [2.05, 4.69) is 15.6 Å². The third-order valence-electron chi connectivity index (χ3n) is 3.01. The molecule has 1 fully saturated rings. The second-order valence-corrected chi connectivity index (χ2v) is 4.11. The van der Waals surface area contributed by atoms with Gasteiger partial charge >= 0.3 is 5.69 Å². The van der Waals surface area contributed by atoms with Gasteiger partial charge in [-0.05, 0) is 6.07 Å². The monoisotopic (exact) mass is 263 g/mol. The number of methoxy groups -OCH3 is 1. The van der Waals surface area contributed by atoms with Crippen molar-refractivity contribution in [2.45, 2.75) is 12.1 Å². The molecule has 0 aliphatic carbocycles. The summed E-state index contributed by atoms with van der Waals surface area (Å²) < 4.78 is 5.27. The molecule has 19 heavy (non-hydrogen) atoms. The van der Waals surface area contributed by atoms with Gasteiger partial charge in [0, 0.05) is 26.4 Å². The molecule has 0 radical (unpaired) electrons. The van der Waals surface area contributed by atoms with Crippen molar-refractivity contribution in [3.8, 4) is 6.07 Å². The van der Waals surface area contributed by atoms with Crippen LogP contribution in [-0.4, -0.2) is 42.3 Å². The minimum Gasteiger partial charge on any atom is -0.378 e. The van der Waals surface area contributed by atoms with Crippen LogP contribution in [0.4, 0.5) is 11.5 Å². The summed E-state index contributed by atoms with van der Waals surface area (Å²) in [5.41, 5.74) is -0.311. The van der Waals surface area contributed by atoms with Gasteiger partial charge in [0.2, 0.25) is 5.82 Å². The summed E-state index contributed by atoms with van der Waals surface area (Å²) >= 11 is 0. The molecule has 1 aliphatic rings. The molecule has 8 nitrogen and oxygen atoms in total. The minimum atomic E-state index is -0.599. The molecule has 0 bridgehead atoms. The molecule has 1 aliphatic heterocycles. The first-order valence-corrected chi connectivity index (χ1v) is 5.71. The Bertz CT molecular complexity index is 528. The van der Waals surface area contributed by atoms with Crippen LogP contribution in [0.3, 0.4) is 0 Å². The lowest BCUT2D eigenvalue weighted by Crippen LogP contribution is -2.34. The fraction of sp³-hybridized carbons (Fsp3) is 0.455. The minimum absolute atomic E-state index is 0.0116. The second kappa shape index (κ2) is 5.60. The van der Waals surface area contributed by atoms with Crippen LogP contribution < -0.4 is 10.6 Å². The summed E-state index contributed by atoms with van der Waals surface area (Å²) in [6.07, 6.45) is 1.28. The zero-order valence-electron chi connectivity index (χ0n) is 10.3. The summed E-state index contributed by atoms with van der Waals surface area (Å²) in [5, 5.41) is 26.1. The lowest BCUT2D eigenvalue weighted by atomic mass is 10.2. The Balaban J connectivity index is 2.30. The van der Waals surface area contributed by atoms with E-state index in [-0.39, 0.29) is 29.2 Å². The number of nitrogens with one attached hydrogen (secondary N) is 2. The van der Waals surface area contributed by atoms with Crippen LogP contribution >= 0.6 is 0 Å². The number of hydrogen-bond donors (Lipinski definition) is 2. The Morgan fingerprint density at radius 3 is 3.11 bits per heavy atom. The largest absolute Gasteiger partial charge is 0.378 e. The van der Waals surface area contributed by atoms with Crippen molar-refractivity contribution in [2.24, 2.45) is 0 Å². The summed E-state index contributed by atoms with van der Waals surface area (Å²) in [6.45, 7) is 1.29. The number of hydrogen-bond acceptors (Lipinski definition) is 7. The first-order valence-electron chi connectivity index (χ1n) is 5.71. The number of nitriles is 1. The zero-order valence-corrected chi connectivity index (χ0v) is 10.3. The normalized spacial score (nSPS) is 21.9. The predicted molar refractivity (Wildman–Crippen MR) is 66.7 cm³/mol. The van der Waals surface area contributed by atoms with E-state index in [9.17, 15) is 10.1 Å². The zero-order chi connectivity index (χ0) is 13.8. The van der Waals surface area contributed by atoms with Crippen molar-refractivity contribution in [1.82, 2.24) is 10.3 Å². The molecule has 1 aromatic rings. The Kier molecular flexibility index (Phi) is 3.89. The maximum Gasteiger partial charge on any atom is 0.328 e. The molecule has 0 spiro atoms. The number of nitrogens with zero attached hydrogens (tertiary/aromatic N) is 3. The second-order valence-electron chi connectivity index (χ2n) is 4.11. The van der Waals surface area contributed by atoms with E-state index in [1.165, 1.54) is 12.3 Å². The number of pyridine rings is 1. The number of anilines is 1. The standard InChI is InChI=1S/C11H13N5O3/c1-19-9-6-13-5-8(9)15-11-10(16(17)18)7(4-12)2-3-14-11/h2-3,8-9,13H,5-6H2,1H3,(H,14,15)/t8?,9-/m0/s1. The fourth-order valence-electron chi connectivity index (χ4n) is 2.06. The topological polar surface area (TPSA) is 113 Å². The summed E-state index contributed by atoms with van der Waals surface area (Å²) in [7, 11) is 1.58. The molecule has 2 rings (SSSR count). The van der Waals surface area contributed by atoms with Crippen LogP contribution in [0.2, 0.25) is 0 Å². The molecular formula is C11H13N5O3. The highest BCUT2D eigenvalue weighted by Crippen LogP contribution is 2.27. The fourth-order valence-corrected chi connectivity index (χ4v) is 2.06. The summed E-state index contributed by atoms with van der Waals surface area (Å²) in [5.74, 6) is 0.0970. The van der Waals surface area contributed by atoms with Crippen LogP contribution in [-0.2, 0) is 4.74 Å². The van der Waals surface area contributed by atoms with Crippen molar-refractivity contribution in [3.63, 3.8) is 0 Å². The van der Waals surface area contributed by atoms with Crippen molar-refractivity contribution in [3.05, 3.63) is 27.9 Å². The van der Waals surface area contributed by atoms with Crippen molar-refractivity contribution >= 4 is 11.5 Å². The average Bonchev–Trinajstić information content (AvgIpc) is 2.85. The van der Waals surface area contributed by atoms with Crippen molar-refractivity contribution in [1.29, 1.82) is 5.26 Å². The maximum atomic E-state index is 11.1. The molecule has 0 saturated carbocycles. The van der Waals surface area contributed by atoms with Gasteiger partial charge in [0.1, 0.15) is 11.6 Å². The van der Waals surface area contributed by atoms with E-state index in [0.29, 0.717) is 13.1 Å². The third-order valence-corrected chi connectivity index (χ3v) is 3.01. The summed E-state index contributed by atoms with van der Waals surface area (Å²) in [4.78, 5) is 14.4. The van der Waals surface area contributed by atoms with Gasteiger partial charge in [-0.15, -0.1) is 0 Å². The first-order chi connectivity index (χ1) is 9.17. The molecule has 1 saturated heterocycles. The van der Waals surface area contributed by atoms with Crippen molar-refractivity contribution in [2.75, 3.05) is 25.5 Å². The lowest BCUT2D eigenvalue weighted by molar-refractivity contribution is -0.384. The Hall–Kier alpha value is -2.24. The van der Waals surface area contributed by atoms with E-state index < -0.39 is 4.92 Å². The van der Waals surface area contributed by atoms with Gasteiger partial charge in [-0.2, -0.15) is 5.26 Å². The van der Waals surface area contributed by atoms with Gasteiger partial charge in [-0.3, -0.25) is 10.1 Å². The highest BCUT2D eigenvalue weighted by molar-refractivity contribution is 5.64. The molecule has 1 aromatic heterocycles. The van der Waals surface area contributed by atoms with Gasteiger partial charge in [0.05, 0.1) is 17.1 Å². The molecule has 0 amide bonds. The van der Waals surface area contributed by atoms with E-state index in [0.717, 1.165) is 0 Å². The smallest absolute Gasteiger partial charge is 0.328 e. The highest BCUT2D eigenvalue weighted by atomic mass is 16.6. The molecule has 8 heteroatoms. The molecule has 2 N–H and O–H groups in total. The van der Waals surface area contributed by atoms with Crippen LogP contribution in [0.25, 0.3) is 0 Å². The predicted octanol–water partition coefficient (Wildman–Crippen LogP) is 0.260. The first kappa shape index (κ1) is 13.2. The van der Waals surface area contributed by atoms with Crippen LogP contribution in [0.15, 0.2) is 12.3 Å². The van der Waals surface area contributed by atoms with Gasteiger partial charge < -0.3 is 15.4 Å².